The lowest BCUT2D eigenvalue weighted by Crippen LogP contribution is -2.20. The molecule has 0 heterocycles. The Hall–Kier alpha value is -1.77. The van der Waals surface area contributed by atoms with E-state index in [1.54, 1.807) is 0 Å². The summed E-state index contributed by atoms with van der Waals surface area (Å²) >= 11 is 0. The molecule has 6 heteroatoms. The Balaban J connectivity index is 4.03. The second kappa shape index (κ2) is 7.86. The molecule has 0 aliphatic carbocycles. The molecule has 0 aromatic heterocycles. The largest absolute Gasteiger partial charge is 0.467 e. The molecule has 76 valence electrons. The lowest BCUT2D eigenvalue weighted by molar-refractivity contribution is -0.142. The molecule has 0 rings (SSSR count). The smallest absolute Gasteiger partial charge is 0.331 e. The van der Waals surface area contributed by atoms with E-state index >= 15 is 0 Å². The highest BCUT2D eigenvalue weighted by Crippen LogP contribution is 2.03. The van der Waals surface area contributed by atoms with Gasteiger partial charge in [-0.2, -0.15) is 4.99 Å². The average molecular weight is 198 g/mol. The van der Waals surface area contributed by atoms with Gasteiger partial charge < -0.3 is 4.74 Å². The van der Waals surface area contributed by atoms with Gasteiger partial charge in [0, 0.05) is 0 Å². The van der Waals surface area contributed by atoms with Crippen molar-refractivity contribution >= 4 is 18.1 Å². The van der Waals surface area contributed by atoms with E-state index in [2.05, 4.69) is 14.7 Å². The van der Waals surface area contributed by atoms with Gasteiger partial charge in [0.2, 0.25) is 12.2 Å². The van der Waals surface area contributed by atoms with Crippen LogP contribution in [-0.4, -0.2) is 37.8 Å². The van der Waals surface area contributed by atoms with Gasteiger partial charge in [-0.25, -0.2) is 19.4 Å². The molecule has 0 aromatic carbocycles. The maximum atomic E-state index is 11.0. The molecule has 1 unspecified atom stereocenters. The normalized spacial score (nSPS) is 10.6. The van der Waals surface area contributed by atoms with Crippen LogP contribution in [-0.2, 0) is 19.1 Å². The summed E-state index contributed by atoms with van der Waals surface area (Å²) in [6.07, 6.45) is 3.41. The zero-order valence-corrected chi connectivity index (χ0v) is 7.73. The first-order valence-electron chi connectivity index (χ1n) is 3.94. The Morgan fingerprint density at radius 2 is 2.14 bits per heavy atom. The lowest BCUT2D eigenvalue weighted by atomic mass is 10.1. The summed E-state index contributed by atoms with van der Waals surface area (Å²) in [6.45, 7) is 0.255. The van der Waals surface area contributed by atoms with Gasteiger partial charge in [0.1, 0.15) is 0 Å². The van der Waals surface area contributed by atoms with Crippen LogP contribution in [0.5, 0.6) is 0 Å². The Morgan fingerprint density at radius 1 is 1.43 bits per heavy atom. The van der Waals surface area contributed by atoms with Crippen molar-refractivity contribution in [2.75, 3.05) is 13.7 Å². The van der Waals surface area contributed by atoms with Gasteiger partial charge in [-0.1, -0.05) is 0 Å². The lowest BCUT2D eigenvalue weighted by Gasteiger charge is -2.05. The number of esters is 1. The van der Waals surface area contributed by atoms with Crippen LogP contribution in [0, 0.1) is 0 Å². The number of nitrogens with zero attached hydrogens (tertiary/aromatic N) is 2. The van der Waals surface area contributed by atoms with E-state index in [4.69, 9.17) is 0 Å². The van der Waals surface area contributed by atoms with Crippen LogP contribution < -0.4 is 0 Å². The monoisotopic (exact) mass is 198 g/mol. The van der Waals surface area contributed by atoms with Gasteiger partial charge in [0.05, 0.1) is 13.7 Å². The van der Waals surface area contributed by atoms with Gasteiger partial charge in [-0.05, 0) is 12.8 Å². The number of methoxy groups -OCH3 is 1. The van der Waals surface area contributed by atoms with Crippen molar-refractivity contribution in [3.63, 3.8) is 0 Å². The summed E-state index contributed by atoms with van der Waals surface area (Å²) < 4.78 is 4.40. The molecule has 0 radical (unpaired) electrons. The average Bonchev–Trinajstić information content (AvgIpc) is 2.21. The van der Waals surface area contributed by atoms with Crippen LogP contribution in [0.25, 0.3) is 0 Å². The van der Waals surface area contributed by atoms with Crippen LogP contribution >= 0.6 is 0 Å². The van der Waals surface area contributed by atoms with E-state index in [0.29, 0.717) is 12.8 Å². The van der Waals surface area contributed by atoms with Crippen molar-refractivity contribution in [1.82, 2.24) is 0 Å². The number of aliphatic imine (C=N–C) groups is 2. The maximum absolute atomic E-state index is 11.0. The molecular formula is C8H10N2O4. The fourth-order valence-electron chi connectivity index (χ4n) is 0.844. The molecule has 0 saturated heterocycles. The summed E-state index contributed by atoms with van der Waals surface area (Å²) in [5, 5.41) is 0. The second-order valence-corrected chi connectivity index (χ2v) is 2.37. The molecule has 14 heavy (non-hydrogen) atoms. The van der Waals surface area contributed by atoms with Crippen LogP contribution in [0.15, 0.2) is 9.98 Å². The summed E-state index contributed by atoms with van der Waals surface area (Å²) in [5.41, 5.74) is 0. The molecule has 0 saturated carbocycles. The molecule has 0 amide bonds. The van der Waals surface area contributed by atoms with E-state index in [9.17, 15) is 14.4 Å². The van der Waals surface area contributed by atoms with Gasteiger partial charge in [0.15, 0.2) is 6.04 Å². The highest BCUT2D eigenvalue weighted by molar-refractivity contribution is 5.76. The first-order chi connectivity index (χ1) is 6.76. The number of carbonyl (C=O) groups excluding carboxylic acids is 3. The third-order valence-corrected chi connectivity index (χ3v) is 1.49. The van der Waals surface area contributed by atoms with Crippen molar-refractivity contribution in [3.05, 3.63) is 0 Å². The van der Waals surface area contributed by atoms with Crippen molar-refractivity contribution in [3.8, 4) is 0 Å². The summed E-state index contributed by atoms with van der Waals surface area (Å²) in [4.78, 5) is 37.2. The van der Waals surface area contributed by atoms with Gasteiger partial charge in [0.25, 0.3) is 0 Å². The minimum Gasteiger partial charge on any atom is -0.467 e. The Kier molecular flexibility index (Phi) is 6.86. The second-order valence-electron chi connectivity index (χ2n) is 2.37. The third-order valence-electron chi connectivity index (χ3n) is 1.49. The molecule has 0 bridgehead atoms. The third kappa shape index (κ3) is 4.98. The number of hydrogen-bond acceptors (Lipinski definition) is 6. The number of rotatable bonds is 6. The minimum atomic E-state index is -0.848. The van der Waals surface area contributed by atoms with Crippen molar-refractivity contribution < 1.29 is 19.1 Å². The highest BCUT2D eigenvalue weighted by Gasteiger charge is 2.16. The highest BCUT2D eigenvalue weighted by atomic mass is 16.5. The van der Waals surface area contributed by atoms with E-state index in [1.807, 2.05) is 0 Å². The fourth-order valence-corrected chi connectivity index (χ4v) is 0.844. The molecule has 0 N–H and O–H groups in total. The van der Waals surface area contributed by atoms with Crippen molar-refractivity contribution in [2.45, 2.75) is 18.9 Å². The number of carbonyl (C=O) groups is 1. The molecule has 0 fully saturated rings. The number of isocyanates is 2. The van der Waals surface area contributed by atoms with E-state index < -0.39 is 12.0 Å². The first-order valence-corrected chi connectivity index (χ1v) is 3.94. The van der Waals surface area contributed by atoms with Crippen LogP contribution in [0.2, 0.25) is 0 Å². The molecule has 0 spiro atoms. The Labute approximate surface area is 80.7 Å². The zero-order valence-electron chi connectivity index (χ0n) is 7.73. The predicted molar refractivity (Wildman–Crippen MR) is 46.1 cm³/mol. The SMILES string of the molecule is COC(=O)C(CCCN=C=O)N=C=O. The first kappa shape index (κ1) is 12.2. The van der Waals surface area contributed by atoms with E-state index in [-0.39, 0.29) is 6.54 Å². The molecular weight excluding hydrogens is 188 g/mol. The predicted octanol–water partition coefficient (Wildman–Crippen LogP) is -0.0202. The van der Waals surface area contributed by atoms with Crippen LogP contribution in [0.3, 0.4) is 0 Å². The van der Waals surface area contributed by atoms with Crippen LogP contribution in [0.1, 0.15) is 12.8 Å². The molecule has 0 aromatic rings. The van der Waals surface area contributed by atoms with Crippen LogP contribution in [0.4, 0.5) is 0 Å². The molecule has 0 aliphatic rings. The van der Waals surface area contributed by atoms with Gasteiger partial charge >= 0.3 is 5.97 Å². The number of ether oxygens (including phenoxy) is 1. The van der Waals surface area contributed by atoms with Gasteiger partial charge in [-0.3, -0.25) is 0 Å². The van der Waals surface area contributed by atoms with E-state index in [0.717, 1.165) is 0 Å². The summed E-state index contributed by atoms with van der Waals surface area (Å²) in [7, 11) is 1.21. The quantitative estimate of drug-likeness (QED) is 0.260. The topological polar surface area (TPSA) is 85.2 Å². The zero-order chi connectivity index (χ0) is 10.8. The maximum Gasteiger partial charge on any atom is 0.331 e. The van der Waals surface area contributed by atoms with E-state index in [1.165, 1.54) is 19.3 Å². The Morgan fingerprint density at radius 3 is 2.64 bits per heavy atom. The van der Waals surface area contributed by atoms with Crippen molar-refractivity contribution in [1.29, 1.82) is 0 Å². The summed E-state index contributed by atoms with van der Waals surface area (Å²) in [5.74, 6) is -0.594. The fraction of sp³-hybridized carbons (Fsp3) is 0.625. The Bertz CT molecular complexity index is 277. The number of hydrogen-bond donors (Lipinski definition) is 0. The van der Waals surface area contributed by atoms with Crippen molar-refractivity contribution in [2.24, 2.45) is 9.98 Å². The standard InChI is InChI=1S/C8H10N2O4/c1-14-8(13)7(10-6-12)3-2-4-9-5-11/h7H,2-4H2,1H3. The molecule has 6 nitrogen and oxygen atoms in total. The molecule has 0 aliphatic heterocycles. The molecule has 1 atom stereocenters. The summed E-state index contributed by atoms with van der Waals surface area (Å²) in [6, 6.07) is -0.848. The van der Waals surface area contributed by atoms with Gasteiger partial charge in [-0.15, -0.1) is 0 Å². The minimum absolute atomic E-state index is 0.255.